The molecule has 2 rings (SSSR count). The van der Waals surface area contributed by atoms with Crippen LogP contribution in [0, 0.1) is 24.7 Å². The SMILES string of the molecule is Cc1ccc(C(=O)NCC2CCOC2)c(C#CCO)c1. The second-order valence-electron chi connectivity index (χ2n) is 4.95. The van der Waals surface area contributed by atoms with Gasteiger partial charge in [-0.05, 0) is 31.0 Å². The molecule has 1 aliphatic rings. The van der Waals surface area contributed by atoms with Crippen LogP contribution < -0.4 is 5.32 Å². The Hall–Kier alpha value is -1.83. The first-order valence-corrected chi connectivity index (χ1v) is 6.77. The molecule has 1 atom stereocenters. The second-order valence-corrected chi connectivity index (χ2v) is 4.95. The minimum Gasteiger partial charge on any atom is -0.384 e. The van der Waals surface area contributed by atoms with Crippen LogP contribution >= 0.6 is 0 Å². The zero-order valence-corrected chi connectivity index (χ0v) is 11.6. The van der Waals surface area contributed by atoms with E-state index in [4.69, 9.17) is 9.84 Å². The molecule has 20 heavy (non-hydrogen) atoms. The third-order valence-electron chi connectivity index (χ3n) is 3.30. The van der Waals surface area contributed by atoms with Gasteiger partial charge in [0.05, 0.1) is 12.2 Å². The summed E-state index contributed by atoms with van der Waals surface area (Å²) in [6.07, 6.45) is 0.991. The lowest BCUT2D eigenvalue weighted by molar-refractivity contribution is 0.0944. The molecule has 1 aromatic rings. The van der Waals surface area contributed by atoms with E-state index in [0.29, 0.717) is 30.2 Å². The maximum Gasteiger partial charge on any atom is 0.252 e. The lowest BCUT2D eigenvalue weighted by Crippen LogP contribution is -2.30. The van der Waals surface area contributed by atoms with Crippen molar-refractivity contribution in [1.82, 2.24) is 5.32 Å². The highest BCUT2D eigenvalue weighted by molar-refractivity contribution is 5.96. The Balaban J connectivity index is 2.07. The zero-order valence-electron chi connectivity index (χ0n) is 11.6. The van der Waals surface area contributed by atoms with E-state index in [1.54, 1.807) is 6.07 Å². The number of carbonyl (C=O) groups is 1. The molecule has 2 N–H and O–H groups in total. The van der Waals surface area contributed by atoms with E-state index in [0.717, 1.165) is 18.6 Å². The Kier molecular flexibility index (Phi) is 5.16. The predicted octanol–water partition coefficient (Wildman–Crippen LogP) is 1.11. The van der Waals surface area contributed by atoms with Crippen molar-refractivity contribution in [3.05, 3.63) is 34.9 Å². The van der Waals surface area contributed by atoms with Crippen LogP contribution in [0.15, 0.2) is 18.2 Å². The zero-order chi connectivity index (χ0) is 14.4. The highest BCUT2D eigenvalue weighted by Gasteiger charge is 2.17. The normalized spacial score (nSPS) is 17.4. The summed E-state index contributed by atoms with van der Waals surface area (Å²) in [6.45, 7) is 3.85. The van der Waals surface area contributed by atoms with Crippen LogP contribution in [0.4, 0.5) is 0 Å². The molecule has 0 aliphatic carbocycles. The third-order valence-corrected chi connectivity index (χ3v) is 3.30. The molecule has 1 saturated heterocycles. The number of hydrogen-bond acceptors (Lipinski definition) is 3. The molecule has 1 aromatic carbocycles. The van der Waals surface area contributed by atoms with Crippen molar-refractivity contribution in [2.24, 2.45) is 5.92 Å². The van der Waals surface area contributed by atoms with Gasteiger partial charge in [-0.1, -0.05) is 17.9 Å². The van der Waals surface area contributed by atoms with Crippen molar-refractivity contribution in [3.8, 4) is 11.8 Å². The van der Waals surface area contributed by atoms with Gasteiger partial charge in [0.25, 0.3) is 5.91 Å². The van der Waals surface area contributed by atoms with Gasteiger partial charge in [0.15, 0.2) is 0 Å². The molecular formula is C16H19NO3. The van der Waals surface area contributed by atoms with Gasteiger partial charge in [-0.15, -0.1) is 0 Å². The van der Waals surface area contributed by atoms with Gasteiger partial charge >= 0.3 is 0 Å². The van der Waals surface area contributed by atoms with Gasteiger partial charge in [0.2, 0.25) is 0 Å². The van der Waals surface area contributed by atoms with E-state index in [-0.39, 0.29) is 12.5 Å². The topological polar surface area (TPSA) is 58.6 Å². The van der Waals surface area contributed by atoms with Gasteiger partial charge in [-0.2, -0.15) is 0 Å². The number of aryl methyl sites for hydroxylation is 1. The van der Waals surface area contributed by atoms with Crippen molar-refractivity contribution in [2.45, 2.75) is 13.3 Å². The fourth-order valence-corrected chi connectivity index (χ4v) is 2.17. The number of hydrogen-bond donors (Lipinski definition) is 2. The van der Waals surface area contributed by atoms with E-state index >= 15 is 0 Å². The fraction of sp³-hybridized carbons (Fsp3) is 0.438. The van der Waals surface area contributed by atoms with Gasteiger partial charge in [0.1, 0.15) is 6.61 Å². The number of carbonyl (C=O) groups excluding carboxylic acids is 1. The van der Waals surface area contributed by atoms with Crippen LogP contribution in [0.1, 0.15) is 27.9 Å². The van der Waals surface area contributed by atoms with Crippen molar-refractivity contribution in [2.75, 3.05) is 26.4 Å². The standard InChI is InChI=1S/C16H19NO3/c1-12-4-5-15(14(9-12)3-2-7-18)16(19)17-10-13-6-8-20-11-13/h4-5,9,13,18H,6-8,10-11H2,1H3,(H,17,19). The van der Waals surface area contributed by atoms with Crippen LogP contribution in [0.3, 0.4) is 0 Å². The number of aliphatic hydroxyl groups excluding tert-OH is 1. The second kappa shape index (κ2) is 7.09. The summed E-state index contributed by atoms with van der Waals surface area (Å²) in [7, 11) is 0. The number of benzene rings is 1. The number of ether oxygens (including phenoxy) is 1. The Morgan fingerprint density at radius 1 is 1.55 bits per heavy atom. The molecule has 0 radical (unpaired) electrons. The first kappa shape index (κ1) is 14.6. The number of aliphatic hydroxyl groups is 1. The summed E-state index contributed by atoms with van der Waals surface area (Å²) in [4.78, 5) is 12.2. The van der Waals surface area contributed by atoms with E-state index in [1.165, 1.54) is 0 Å². The molecule has 0 saturated carbocycles. The first-order chi connectivity index (χ1) is 9.70. The predicted molar refractivity (Wildman–Crippen MR) is 76.4 cm³/mol. The fourth-order valence-electron chi connectivity index (χ4n) is 2.17. The monoisotopic (exact) mass is 273 g/mol. The van der Waals surface area contributed by atoms with Gasteiger partial charge in [-0.3, -0.25) is 4.79 Å². The average molecular weight is 273 g/mol. The number of amides is 1. The summed E-state index contributed by atoms with van der Waals surface area (Å²) in [5, 5.41) is 11.7. The molecule has 1 fully saturated rings. The Morgan fingerprint density at radius 3 is 3.10 bits per heavy atom. The van der Waals surface area contributed by atoms with Crippen molar-refractivity contribution in [1.29, 1.82) is 0 Å². The summed E-state index contributed by atoms with van der Waals surface area (Å²) >= 11 is 0. The highest BCUT2D eigenvalue weighted by Crippen LogP contribution is 2.13. The molecule has 0 spiro atoms. The Labute approximate surface area is 119 Å². The minimum absolute atomic E-state index is 0.126. The summed E-state index contributed by atoms with van der Waals surface area (Å²) in [5.74, 6) is 5.69. The van der Waals surface area contributed by atoms with Gasteiger partial charge < -0.3 is 15.2 Å². The van der Waals surface area contributed by atoms with Crippen molar-refractivity contribution >= 4 is 5.91 Å². The highest BCUT2D eigenvalue weighted by atomic mass is 16.5. The summed E-state index contributed by atoms with van der Waals surface area (Å²) < 4.78 is 5.29. The molecule has 106 valence electrons. The molecule has 1 amide bonds. The van der Waals surface area contributed by atoms with Crippen LogP contribution in [-0.2, 0) is 4.74 Å². The average Bonchev–Trinajstić information content (AvgIpc) is 2.96. The first-order valence-electron chi connectivity index (χ1n) is 6.77. The largest absolute Gasteiger partial charge is 0.384 e. The van der Waals surface area contributed by atoms with Crippen molar-refractivity contribution in [3.63, 3.8) is 0 Å². The van der Waals surface area contributed by atoms with Gasteiger partial charge in [0, 0.05) is 24.6 Å². The smallest absolute Gasteiger partial charge is 0.252 e. The molecule has 1 aliphatic heterocycles. The maximum absolute atomic E-state index is 12.2. The Morgan fingerprint density at radius 2 is 2.40 bits per heavy atom. The van der Waals surface area contributed by atoms with Crippen LogP contribution in [-0.4, -0.2) is 37.4 Å². The molecule has 0 aromatic heterocycles. The molecule has 1 unspecified atom stereocenters. The maximum atomic E-state index is 12.2. The van der Waals surface area contributed by atoms with E-state index in [1.807, 2.05) is 19.1 Å². The van der Waals surface area contributed by atoms with Crippen LogP contribution in [0.2, 0.25) is 0 Å². The van der Waals surface area contributed by atoms with E-state index < -0.39 is 0 Å². The van der Waals surface area contributed by atoms with Gasteiger partial charge in [-0.25, -0.2) is 0 Å². The molecule has 4 nitrogen and oxygen atoms in total. The molecular weight excluding hydrogens is 254 g/mol. The summed E-state index contributed by atoms with van der Waals surface area (Å²) in [5.41, 5.74) is 2.24. The quantitative estimate of drug-likeness (QED) is 0.811. The molecule has 4 heteroatoms. The van der Waals surface area contributed by atoms with E-state index in [2.05, 4.69) is 17.2 Å². The molecule has 0 bridgehead atoms. The summed E-state index contributed by atoms with van der Waals surface area (Å²) in [6, 6.07) is 5.52. The van der Waals surface area contributed by atoms with Crippen LogP contribution in [0.5, 0.6) is 0 Å². The Bertz CT molecular complexity index is 536. The van der Waals surface area contributed by atoms with Crippen molar-refractivity contribution < 1.29 is 14.6 Å². The number of nitrogens with one attached hydrogen (secondary N) is 1. The molecule has 1 heterocycles. The van der Waals surface area contributed by atoms with Crippen LogP contribution in [0.25, 0.3) is 0 Å². The minimum atomic E-state index is -0.214. The lowest BCUT2D eigenvalue weighted by Gasteiger charge is -2.11. The third kappa shape index (κ3) is 3.83. The van der Waals surface area contributed by atoms with E-state index in [9.17, 15) is 4.79 Å². The lowest BCUT2D eigenvalue weighted by atomic mass is 10.0. The number of rotatable bonds is 3.